The van der Waals surface area contributed by atoms with Gasteiger partial charge in [-0.05, 0) is 60.8 Å². The lowest BCUT2D eigenvalue weighted by molar-refractivity contribution is 0.112. The summed E-state index contributed by atoms with van der Waals surface area (Å²) < 4.78 is 18.0. The van der Waals surface area contributed by atoms with Gasteiger partial charge in [-0.25, -0.2) is 9.37 Å². The summed E-state index contributed by atoms with van der Waals surface area (Å²) in [5, 5.41) is 10.2. The van der Waals surface area contributed by atoms with Gasteiger partial charge in [-0.2, -0.15) is 4.37 Å². The number of anilines is 1. The van der Waals surface area contributed by atoms with E-state index in [2.05, 4.69) is 26.4 Å². The van der Waals surface area contributed by atoms with Gasteiger partial charge in [0.25, 0.3) is 0 Å². The molecule has 0 bridgehead atoms. The van der Waals surface area contributed by atoms with Crippen LogP contribution in [0.25, 0.3) is 22.0 Å². The Morgan fingerprint density at radius 2 is 1.85 bits per heavy atom. The van der Waals surface area contributed by atoms with Crippen molar-refractivity contribution in [1.29, 1.82) is 0 Å². The van der Waals surface area contributed by atoms with E-state index >= 15 is 0 Å². The van der Waals surface area contributed by atoms with Crippen LogP contribution in [-0.4, -0.2) is 33.8 Å². The van der Waals surface area contributed by atoms with E-state index in [0.717, 1.165) is 24.7 Å². The summed E-state index contributed by atoms with van der Waals surface area (Å²) in [6.07, 6.45) is 2.87. The van der Waals surface area contributed by atoms with E-state index in [9.17, 15) is 14.3 Å². The van der Waals surface area contributed by atoms with Gasteiger partial charge in [-0.1, -0.05) is 0 Å². The van der Waals surface area contributed by atoms with Crippen LogP contribution in [0, 0.1) is 5.82 Å². The molecule has 1 N–H and O–H groups in total. The maximum atomic E-state index is 13.8. The molecule has 5 nitrogen and oxygen atoms in total. The molecule has 4 rings (SSSR count). The normalized spacial score (nSPS) is 14.0. The lowest BCUT2D eigenvalue weighted by Gasteiger charge is -2.17. The second-order valence-electron chi connectivity index (χ2n) is 6.18. The van der Waals surface area contributed by atoms with E-state index < -0.39 is 11.6 Å². The molecule has 1 aliphatic rings. The number of carbonyl (C=O) groups excluding carboxylic acids is 1. The summed E-state index contributed by atoms with van der Waals surface area (Å²) in [7, 11) is 0. The molecule has 1 saturated heterocycles. The Morgan fingerprint density at radius 1 is 1.12 bits per heavy atom. The van der Waals surface area contributed by atoms with Gasteiger partial charge in [0.15, 0.2) is 23.7 Å². The Labute approximate surface area is 153 Å². The molecule has 0 unspecified atom stereocenters. The molecule has 3 aromatic rings. The van der Waals surface area contributed by atoms with Gasteiger partial charge in [0.1, 0.15) is 5.01 Å². The van der Waals surface area contributed by atoms with Crippen LogP contribution in [0.3, 0.4) is 0 Å². The fourth-order valence-corrected chi connectivity index (χ4v) is 3.78. The molecule has 7 heteroatoms. The number of hydrogen-bond donors (Lipinski definition) is 1. The lowest BCUT2D eigenvalue weighted by Crippen LogP contribution is -2.17. The Kier molecular flexibility index (Phi) is 4.38. The molecule has 2 heterocycles. The molecule has 26 heavy (non-hydrogen) atoms. The number of aromatic nitrogens is 2. The third kappa shape index (κ3) is 3.06. The Morgan fingerprint density at radius 3 is 2.54 bits per heavy atom. The smallest absolute Gasteiger partial charge is 0.173 e. The standard InChI is InChI=1S/C19H16FN3O2S/c20-16-10-13(9-14(11-24)17(16)25)18-21-19(26-22-18)12-3-5-15(6-4-12)23-7-1-2-8-23/h3-6,9-11,25H,1-2,7-8H2. The number of hydrogen-bond acceptors (Lipinski definition) is 6. The first-order valence-corrected chi connectivity index (χ1v) is 9.10. The van der Waals surface area contributed by atoms with E-state index in [1.165, 1.54) is 36.1 Å². The average Bonchev–Trinajstić information content (AvgIpc) is 3.36. The predicted molar refractivity (Wildman–Crippen MR) is 99.2 cm³/mol. The number of halogens is 1. The van der Waals surface area contributed by atoms with Crippen molar-refractivity contribution in [1.82, 2.24) is 9.36 Å². The van der Waals surface area contributed by atoms with Gasteiger partial charge >= 0.3 is 0 Å². The fraction of sp³-hybridized carbons (Fsp3) is 0.211. The quantitative estimate of drug-likeness (QED) is 0.701. The number of phenols is 1. The average molecular weight is 369 g/mol. The molecule has 0 aliphatic carbocycles. The van der Waals surface area contributed by atoms with Crippen molar-refractivity contribution < 1.29 is 14.3 Å². The molecule has 1 aromatic heterocycles. The van der Waals surface area contributed by atoms with Gasteiger partial charge in [0.2, 0.25) is 0 Å². The third-order valence-electron chi connectivity index (χ3n) is 4.49. The highest BCUT2D eigenvalue weighted by Gasteiger charge is 2.15. The van der Waals surface area contributed by atoms with Crippen molar-refractivity contribution in [2.24, 2.45) is 0 Å². The first-order valence-electron chi connectivity index (χ1n) is 8.33. The number of carbonyl (C=O) groups is 1. The zero-order chi connectivity index (χ0) is 18.1. The molecular weight excluding hydrogens is 353 g/mol. The number of aromatic hydroxyl groups is 1. The van der Waals surface area contributed by atoms with Crippen molar-refractivity contribution in [2.75, 3.05) is 18.0 Å². The summed E-state index contributed by atoms with van der Waals surface area (Å²) >= 11 is 1.21. The summed E-state index contributed by atoms with van der Waals surface area (Å²) in [6.45, 7) is 2.18. The highest BCUT2D eigenvalue weighted by molar-refractivity contribution is 7.09. The van der Waals surface area contributed by atoms with Crippen LogP contribution in [0.5, 0.6) is 5.75 Å². The predicted octanol–water partition coefficient (Wildman–Crippen LogP) is 4.13. The number of rotatable bonds is 4. The van der Waals surface area contributed by atoms with E-state index in [0.29, 0.717) is 22.7 Å². The van der Waals surface area contributed by atoms with Gasteiger partial charge < -0.3 is 10.0 Å². The molecule has 0 spiro atoms. The molecule has 0 saturated carbocycles. The van der Waals surface area contributed by atoms with Crippen LogP contribution in [0.2, 0.25) is 0 Å². The van der Waals surface area contributed by atoms with E-state index in [-0.39, 0.29) is 5.56 Å². The highest BCUT2D eigenvalue weighted by Crippen LogP contribution is 2.31. The molecule has 132 valence electrons. The maximum absolute atomic E-state index is 13.8. The molecule has 1 aliphatic heterocycles. The van der Waals surface area contributed by atoms with Crippen molar-refractivity contribution in [3.8, 4) is 27.7 Å². The van der Waals surface area contributed by atoms with Crippen LogP contribution in [0.1, 0.15) is 23.2 Å². The van der Waals surface area contributed by atoms with Crippen molar-refractivity contribution in [3.05, 3.63) is 47.8 Å². The minimum atomic E-state index is -0.865. The number of benzene rings is 2. The fourth-order valence-electron chi connectivity index (χ4n) is 3.09. The van der Waals surface area contributed by atoms with Crippen molar-refractivity contribution in [2.45, 2.75) is 12.8 Å². The van der Waals surface area contributed by atoms with Crippen LogP contribution in [-0.2, 0) is 0 Å². The third-order valence-corrected chi connectivity index (χ3v) is 5.25. The molecule has 0 atom stereocenters. The number of phenolic OH excluding ortho intramolecular Hbond substituents is 1. The first-order chi connectivity index (χ1) is 12.7. The van der Waals surface area contributed by atoms with Gasteiger partial charge in [-0.15, -0.1) is 0 Å². The Hall–Kier alpha value is -2.80. The second-order valence-corrected chi connectivity index (χ2v) is 6.93. The molecular formula is C19H16FN3O2S. The monoisotopic (exact) mass is 369 g/mol. The summed E-state index contributed by atoms with van der Waals surface area (Å²) in [5.41, 5.74) is 2.38. The molecule has 0 radical (unpaired) electrons. The van der Waals surface area contributed by atoms with E-state index in [4.69, 9.17) is 0 Å². The van der Waals surface area contributed by atoms with Gasteiger partial charge in [0.05, 0.1) is 5.56 Å². The van der Waals surface area contributed by atoms with Gasteiger partial charge in [0, 0.05) is 29.9 Å². The van der Waals surface area contributed by atoms with E-state index in [1.54, 1.807) is 0 Å². The zero-order valence-corrected chi connectivity index (χ0v) is 14.7. The SMILES string of the molecule is O=Cc1cc(-c2nsc(-c3ccc(N4CCCC4)cc3)n2)cc(F)c1O. The molecule has 2 aromatic carbocycles. The topological polar surface area (TPSA) is 66.3 Å². The van der Waals surface area contributed by atoms with Crippen molar-refractivity contribution >= 4 is 23.5 Å². The number of aldehydes is 1. The Balaban J connectivity index is 1.62. The Bertz CT molecular complexity index is 950. The minimum Gasteiger partial charge on any atom is -0.504 e. The number of nitrogens with zero attached hydrogens (tertiary/aromatic N) is 3. The summed E-state index contributed by atoms with van der Waals surface area (Å²) in [6, 6.07) is 10.7. The highest BCUT2D eigenvalue weighted by atomic mass is 32.1. The first kappa shape index (κ1) is 16.7. The largest absolute Gasteiger partial charge is 0.504 e. The maximum Gasteiger partial charge on any atom is 0.173 e. The molecule has 0 amide bonds. The molecule has 1 fully saturated rings. The minimum absolute atomic E-state index is 0.119. The van der Waals surface area contributed by atoms with E-state index in [1.807, 2.05) is 12.1 Å². The second kappa shape index (κ2) is 6.84. The van der Waals surface area contributed by atoms with Crippen LogP contribution < -0.4 is 4.90 Å². The van der Waals surface area contributed by atoms with Crippen molar-refractivity contribution in [3.63, 3.8) is 0 Å². The van der Waals surface area contributed by atoms with Crippen LogP contribution in [0.15, 0.2) is 36.4 Å². The lowest BCUT2D eigenvalue weighted by atomic mass is 10.1. The summed E-state index contributed by atoms with van der Waals surface area (Å²) in [5.74, 6) is -1.19. The zero-order valence-electron chi connectivity index (χ0n) is 13.9. The van der Waals surface area contributed by atoms with Gasteiger partial charge in [-0.3, -0.25) is 4.79 Å². The van der Waals surface area contributed by atoms with Crippen LogP contribution in [0.4, 0.5) is 10.1 Å². The van der Waals surface area contributed by atoms with Crippen LogP contribution >= 0.6 is 11.5 Å². The summed E-state index contributed by atoms with van der Waals surface area (Å²) in [4.78, 5) is 17.8.